The number of sulfonamides is 1. The van der Waals surface area contributed by atoms with Crippen molar-refractivity contribution >= 4 is 33.7 Å². The molecule has 0 aliphatic carbocycles. The molecule has 0 atom stereocenters. The zero-order valence-corrected chi connectivity index (χ0v) is 21.6. The summed E-state index contributed by atoms with van der Waals surface area (Å²) in [4.78, 5) is 30.5. The van der Waals surface area contributed by atoms with Gasteiger partial charge in [0.05, 0.1) is 0 Å². The minimum atomic E-state index is -4.88. The largest absolute Gasteiger partial charge is 0.573 e. The molecule has 208 valence electrons. The number of halogens is 4. The SMILES string of the molecule is CN(C)C(=O)c1ccc(C=CS(=O)(=O)N2CCC3(CC2)N=C(c2cccc(OC(F)(F)F)c2)NC3=O)c(F)c1. The molecule has 2 amide bonds. The van der Waals surface area contributed by atoms with Crippen molar-refractivity contribution in [1.29, 1.82) is 0 Å². The number of carbonyl (C=O) groups is 2. The lowest BCUT2D eigenvalue weighted by Crippen LogP contribution is -2.50. The number of amides is 2. The van der Waals surface area contributed by atoms with Crippen LogP contribution in [0.25, 0.3) is 6.08 Å². The van der Waals surface area contributed by atoms with Crippen LogP contribution in [0.1, 0.15) is 34.3 Å². The number of hydrogen-bond donors (Lipinski definition) is 1. The standard InChI is InChI=1S/C25H24F4N4O5S/c1-32(2)22(34)18-7-6-16(20(26)15-18)8-13-39(36,37)33-11-9-24(10-12-33)23(35)30-21(31-24)17-4-3-5-19(14-17)38-25(27,28)29/h3-8,13-15H,9-12H2,1-2H3,(H,30,31,35). The molecule has 2 aliphatic rings. The molecule has 2 aromatic carbocycles. The van der Waals surface area contributed by atoms with E-state index in [-0.39, 0.29) is 48.5 Å². The van der Waals surface area contributed by atoms with Gasteiger partial charge in [-0.2, -0.15) is 4.31 Å². The molecule has 39 heavy (non-hydrogen) atoms. The summed E-state index contributed by atoms with van der Waals surface area (Å²) in [6, 6.07) is 8.72. The van der Waals surface area contributed by atoms with Gasteiger partial charge in [0.1, 0.15) is 22.9 Å². The molecule has 2 aliphatic heterocycles. The average molecular weight is 569 g/mol. The summed E-state index contributed by atoms with van der Waals surface area (Å²) in [5.41, 5.74) is -0.968. The van der Waals surface area contributed by atoms with Crippen LogP contribution in [0.15, 0.2) is 52.9 Å². The second-order valence-electron chi connectivity index (χ2n) is 9.20. The maximum absolute atomic E-state index is 14.5. The van der Waals surface area contributed by atoms with E-state index in [0.717, 1.165) is 34.0 Å². The first-order valence-electron chi connectivity index (χ1n) is 11.7. The van der Waals surface area contributed by atoms with E-state index in [9.17, 15) is 35.6 Å². The Kier molecular flexibility index (Phi) is 7.54. The Labute approximate surface area is 221 Å². The molecule has 1 fully saturated rings. The first-order valence-corrected chi connectivity index (χ1v) is 13.2. The quantitative estimate of drug-likeness (QED) is 0.539. The zero-order chi connectivity index (χ0) is 28.6. The summed E-state index contributed by atoms with van der Waals surface area (Å²) in [5.74, 6) is -2.05. The van der Waals surface area contributed by atoms with Gasteiger partial charge in [0.25, 0.3) is 11.8 Å². The first kappa shape index (κ1) is 28.2. The van der Waals surface area contributed by atoms with E-state index in [1.807, 2.05) is 0 Å². The van der Waals surface area contributed by atoms with E-state index < -0.39 is 45.3 Å². The van der Waals surface area contributed by atoms with Crippen molar-refractivity contribution in [2.24, 2.45) is 4.99 Å². The molecule has 1 spiro atoms. The number of ether oxygens (including phenoxy) is 1. The summed E-state index contributed by atoms with van der Waals surface area (Å²) in [7, 11) is -0.936. The van der Waals surface area contributed by atoms with Gasteiger partial charge in [0, 0.05) is 49.3 Å². The normalized spacial score (nSPS) is 17.8. The highest BCUT2D eigenvalue weighted by Crippen LogP contribution is 2.33. The van der Waals surface area contributed by atoms with Gasteiger partial charge in [-0.1, -0.05) is 18.2 Å². The molecule has 1 N–H and O–H groups in total. The molecule has 0 bridgehead atoms. The van der Waals surface area contributed by atoms with E-state index in [0.29, 0.717) is 0 Å². The number of benzene rings is 2. The number of aliphatic imine (C=N–C) groups is 1. The van der Waals surface area contributed by atoms with Crippen LogP contribution in [0.4, 0.5) is 17.6 Å². The Morgan fingerprint density at radius 2 is 1.85 bits per heavy atom. The molecular formula is C25H24F4N4O5S. The van der Waals surface area contributed by atoms with Gasteiger partial charge in [0.15, 0.2) is 0 Å². The van der Waals surface area contributed by atoms with Crippen molar-refractivity contribution in [2.45, 2.75) is 24.7 Å². The molecule has 2 heterocycles. The average Bonchev–Trinajstić information content (AvgIpc) is 3.17. The molecule has 0 unspecified atom stereocenters. The first-order chi connectivity index (χ1) is 18.2. The van der Waals surface area contributed by atoms with Gasteiger partial charge >= 0.3 is 6.36 Å². The Bertz CT molecular complexity index is 1460. The van der Waals surface area contributed by atoms with Crippen molar-refractivity contribution in [3.63, 3.8) is 0 Å². The van der Waals surface area contributed by atoms with Crippen molar-refractivity contribution < 1.29 is 40.3 Å². The maximum atomic E-state index is 14.5. The van der Waals surface area contributed by atoms with Crippen LogP contribution < -0.4 is 10.1 Å². The summed E-state index contributed by atoms with van der Waals surface area (Å²) >= 11 is 0. The summed E-state index contributed by atoms with van der Waals surface area (Å²) < 4.78 is 82.9. The number of amidine groups is 1. The predicted octanol–water partition coefficient (Wildman–Crippen LogP) is 3.14. The highest BCUT2D eigenvalue weighted by Gasteiger charge is 2.47. The van der Waals surface area contributed by atoms with Gasteiger partial charge in [-0.15, -0.1) is 13.2 Å². The van der Waals surface area contributed by atoms with Crippen LogP contribution in [-0.4, -0.2) is 74.4 Å². The van der Waals surface area contributed by atoms with Crippen LogP contribution in [0.2, 0.25) is 0 Å². The maximum Gasteiger partial charge on any atom is 0.573 e. The topological polar surface area (TPSA) is 108 Å². The van der Waals surface area contributed by atoms with Crippen LogP contribution in [0.3, 0.4) is 0 Å². The summed E-state index contributed by atoms with van der Waals surface area (Å²) in [6.07, 6.45) is -3.73. The minimum Gasteiger partial charge on any atom is -0.406 e. The van der Waals surface area contributed by atoms with Crippen molar-refractivity contribution in [3.8, 4) is 5.75 Å². The number of nitrogens with one attached hydrogen (secondary N) is 1. The number of nitrogens with zero attached hydrogens (tertiary/aromatic N) is 3. The predicted molar refractivity (Wildman–Crippen MR) is 134 cm³/mol. The molecule has 1 saturated heterocycles. The third-order valence-corrected chi connectivity index (χ3v) is 7.87. The Balaban J connectivity index is 1.45. The van der Waals surface area contributed by atoms with Gasteiger partial charge in [0.2, 0.25) is 10.0 Å². The van der Waals surface area contributed by atoms with E-state index in [1.54, 1.807) is 0 Å². The Morgan fingerprint density at radius 3 is 2.46 bits per heavy atom. The van der Waals surface area contributed by atoms with Crippen LogP contribution in [0.5, 0.6) is 5.75 Å². The van der Waals surface area contributed by atoms with Gasteiger partial charge in [-0.3, -0.25) is 14.6 Å². The summed E-state index contributed by atoms with van der Waals surface area (Å²) in [5, 5.41) is 3.42. The number of piperidine rings is 1. The third-order valence-electron chi connectivity index (χ3n) is 6.30. The fraction of sp³-hybridized carbons (Fsp3) is 0.320. The number of carbonyl (C=O) groups excluding carboxylic acids is 2. The second-order valence-corrected chi connectivity index (χ2v) is 11.0. The van der Waals surface area contributed by atoms with Crippen LogP contribution >= 0.6 is 0 Å². The van der Waals surface area contributed by atoms with E-state index in [2.05, 4.69) is 15.0 Å². The molecule has 2 aromatic rings. The van der Waals surface area contributed by atoms with Crippen molar-refractivity contribution in [3.05, 3.63) is 70.4 Å². The molecule has 0 aromatic heterocycles. The molecule has 14 heteroatoms. The second kappa shape index (κ2) is 10.4. The van der Waals surface area contributed by atoms with Gasteiger partial charge in [-0.05, 0) is 43.2 Å². The van der Waals surface area contributed by atoms with Crippen molar-refractivity contribution in [2.75, 3.05) is 27.2 Å². The van der Waals surface area contributed by atoms with Gasteiger partial charge in [-0.25, -0.2) is 12.8 Å². The van der Waals surface area contributed by atoms with Gasteiger partial charge < -0.3 is 15.0 Å². The Morgan fingerprint density at radius 1 is 1.15 bits per heavy atom. The third kappa shape index (κ3) is 6.28. The molecule has 0 radical (unpaired) electrons. The number of hydrogen-bond acceptors (Lipinski definition) is 6. The lowest BCUT2D eigenvalue weighted by molar-refractivity contribution is -0.274. The highest BCUT2D eigenvalue weighted by atomic mass is 32.2. The van der Waals surface area contributed by atoms with Crippen LogP contribution in [-0.2, 0) is 14.8 Å². The number of rotatable bonds is 6. The zero-order valence-electron chi connectivity index (χ0n) is 20.8. The highest BCUT2D eigenvalue weighted by molar-refractivity contribution is 7.92. The van der Waals surface area contributed by atoms with Crippen LogP contribution in [0, 0.1) is 5.82 Å². The van der Waals surface area contributed by atoms with E-state index in [1.165, 1.54) is 43.3 Å². The molecule has 4 rings (SSSR count). The fourth-order valence-electron chi connectivity index (χ4n) is 4.24. The molecule has 9 nitrogen and oxygen atoms in total. The fourth-order valence-corrected chi connectivity index (χ4v) is 5.42. The number of alkyl halides is 3. The monoisotopic (exact) mass is 568 g/mol. The minimum absolute atomic E-state index is 0.0245. The lowest BCUT2D eigenvalue weighted by atomic mass is 9.89. The molecular weight excluding hydrogens is 544 g/mol. The summed E-state index contributed by atoms with van der Waals surface area (Å²) in [6.45, 7) is -0.125. The Hall–Kier alpha value is -3.78. The van der Waals surface area contributed by atoms with E-state index in [4.69, 9.17) is 0 Å². The molecule has 0 saturated carbocycles. The smallest absolute Gasteiger partial charge is 0.406 e. The van der Waals surface area contributed by atoms with E-state index >= 15 is 0 Å². The lowest BCUT2D eigenvalue weighted by Gasteiger charge is -2.34. The van der Waals surface area contributed by atoms with Crippen molar-refractivity contribution in [1.82, 2.24) is 14.5 Å².